The van der Waals surface area contributed by atoms with Crippen LogP contribution in [-0.2, 0) is 11.2 Å². The van der Waals surface area contributed by atoms with Crippen LogP contribution in [0, 0.1) is 5.92 Å². The lowest BCUT2D eigenvalue weighted by molar-refractivity contribution is -0.125. The second kappa shape index (κ2) is 7.25. The highest BCUT2D eigenvalue weighted by Crippen LogP contribution is 2.35. The molecule has 1 N–H and O–H groups in total. The number of hydrogen-bond donors (Lipinski definition) is 1. The number of aromatic nitrogens is 2. The Morgan fingerprint density at radius 2 is 2.23 bits per heavy atom. The van der Waals surface area contributed by atoms with Crippen molar-refractivity contribution >= 4 is 33.3 Å². The van der Waals surface area contributed by atoms with E-state index in [-0.39, 0.29) is 17.9 Å². The van der Waals surface area contributed by atoms with Crippen molar-refractivity contribution in [2.24, 2.45) is 5.92 Å². The number of carbonyl (C=O) groups is 1. The predicted molar refractivity (Wildman–Crippen MR) is 104 cm³/mol. The first-order valence-corrected chi connectivity index (χ1v) is 9.46. The summed E-state index contributed by atoms with van der Waals surface area (Å²) in [6.07, 6.45) is 7.56. The van der Waals surface area contributed by atoms with Gasteiger partial charge in [0, 0.05) is 29.1 Å². The zero-order valence-corrected chi connectivity index (χ0v) is 15.0. The Morgan fingerprint density at radius 3 is 3.00 bits per heavy atom. The first kappa shape index (κ1) is 16.7. The first-order valence-electron chi connectivity index (χ1n) is 8.58. The van der Waals surface area contributed by atoms with Gasteiger partial charge in [0.1, 0.15) is 17.4 Å². The van der Waals surface area contributed by atoms with Crippen LogP contribution in [0.4, 0.5) is 5.13 Å². The van der Waals surface area contributed by atoms with Crippen molar-refractivity contribution in [2.45, 2.75) is 25.4 Å². The number of carbonyl (C=O) groups excluding carboxylic acids is 1. The maximum atomic E-state index is 12.2. The van der Waals surface area contributed by atoms with Gasteiger partial charge in [0.2, 0.25) is 5.91 Å². The van der Waals surface area contributed by atoms with Gasteiger partial charge in [-0.3, -0.25) is 9.78 Å². The van der Waals surface area contributed by atoms with Crippen molar-refractivity contribution in [3.05, 3.63) is 60.3 Å². The van der Waals surface area contributed by atoms with Crippen molar-refractivity contribution < 1.29 is 9.53 Å². The molecule has 0 aliphatic heterocycles. The third-order valence-corrected chi connectivity index (χ3v) is 5.22. The molecule has 2 heterocycles. The van der Waals surface area contributed by atoms with Crippen molar-refractivity contribution in [2.75, 3.05) is 5.32 Å². The highest BCUT2D eigenvalue weighted by molar-refractivity contribution is 7.13. The second-order valence-corrected chi connectivity index (χ2v) is 7.29. The number of nitrogens with zero attached hydrogens (tertiary/aromatic N) is 2. The van der Waals surface area contributed by atoms with Crippen molar-refractivity contribution in [1.29, 1.82) is 0 Å². The van der Waals surface area contributed by atoms with Crippen LogP contribution in [0.2, 0.25) is 0 Å². The minimum Gasteiger partial charge on any atom is -0.488 e. The maximum Gasteiger partial charge on any atom is 0.229 e. The van der Waals surface area contributed by atoms with Gasteiger partial charge in [-0.25, -0.2) is 4.98 Å². The summed E-state index contributed by atoms with van der Waals surface area (Å²) in [5, 5.41) is 6.40. The lowest BCUT2D eigenvalue weighted by atomic mass is 9.81. The Balaban J connectivity index is 1.43. The average molecular weight is 365 g/mol. The van der Waals surface area contributed by atoms with E-state index in [9.17, 15) is 4.79 Å². The first-order chi connectivity index (χ1) is 12.7. The third-order valence-electron chi connectivity index (χ3n) is 4.53. The van der Waals surface area contributed by atoms with Gasteiger partial charge >= 0.3 is 0 Å². The van der Waals surface area contributed by atoms with E-state index in [2.05, 4.69) is 27.9 Å². The van der Waals surface area contributed by atoms with E-state index in [1.165, 1.54) is 11.3 Å². The van der Waals surface area contributed by atoms with Crippen LogP contribution in [0.1, 0.15) is 18.4 Å². The summed E-state index contributed by atoms with van der Waals surface area (Å²) >= 11 is 1.42. The van der Waals surface area contributed by atoms with E-state index in [0.717, 1.165) is 28.6 Å². The van der Waals surface area contributed by atoms with Crippen molar-refractivity contribution in [3.8, 4) is 5.75 Å². The molecule has 1 aliphatic rings. The molecular formula is C20H19N3O2S. The molecule has 0 spiro atoms. The number of nitrogens with one attached hydrogen (secondary N) is 1. The third kappa shape index (κ3) is 3.46. The maximum absolute atomic E-state index is 12.2. The molecule has 3 aromatic rings. The fourth-order valence-corrected chi connectivity index (χ4v) is 3.67. The summed E-state index contributed by atoms with van der Waals surface area (Å²) in [7, 11) is 0. The van der Waals surface area contributed by atoms with Gasteiger partial charge in [-0.1, -0.05) is 12.1 Å². The fraction of sp³-hybridized carbons (Fsp3) is 0.250. The molecule has 26 heavy (non-hydrogen) atoms. The van der Waals surface area contributed by atoms with Gasteiger partial charge in [-0.05, 0) is 43.0 Å². The van der Waals surface area contributed by atoms with E-state index in [4.69, 9.17) is 4.74 Å². The Morgan fingerprint density at radius 1 is 1.35 bits per heavy atom. The number of hydrogen-bond acceptors (Lipinski definition) is 5. The molecular weight excluding hydrogens is 346 g/mol. The van der Waals surface area contributed by atoms with Crippen LogP contribution in [0.3, 0.4) is 0 Å². The zero-order chi connectivity index (χ0) is 17.9. The highest BCUT2D eigenvalue weighted by Gasteiger charge is 2.36. The van der Waals surface area contributed by atoms with E-state index < -0.39 is 0 Å². The molecule has 132 valence electrons. The summed E-state index contributed by atoms with van der Waals surface area (Å²) in [5.74, 6) is 0.770. The topological polar surface area (TPSA) is 64.1 Å². The molecule has 1 aliphatic carbocycles. The second-order valence-electron chi connectivity index (χ2n) is 6.40. The highest BCUT2D eigenvalue weighted by atomic mass is 32.1. The quantitative estimate of drug-likeness (QED) is 0.665. The number of rotatable bonds is 6. The average Bonchev–Trinajstić information content (AvgIpc) is 3.10. The number of anilines is 1. The van der Waals surface area contributed by atoms with Crippen LogP contribution in [0.5, 0.6) is 5.75 Å². The number of fused-ring (bicyclic) bond motifs is 1. The Labute approximate surface area is 155 Å². The molecule has 5 nitrogen and oxygen atoms in total. The van der Waals surface area contributed by atoms with Gasteiger partial charge in [0.05, 0.1) is 0 Å². The number of pyridine rings is 1. The standard InChI is InChI=1S/C20H19N3O2S/c1-2-4-13-9-14-5-3-6-21-18(14)17(10-13)25-16-11-15(12-16)19(24)23-20-22-7-8-26-20/h2-3,5-10,15-16H,1,4,11-12H2,(H,22,23,24). The molecule has 1 fully saturated rings. The number of ether oxygens (including phenoxy) is 1. The monoisotopic (exact) mass is 365 g/mol. The summed E-state index contributed by atoms with van der Waals surface area (Å²) in [5.41, 5.74) is 2.00. The smallest absolute Gasteiger partial charge is 0.229 e. The van der Waals surface area contributed by atoms with Crippen LogP contribution in [0.15, 0.2) is 54.7 Å². The summed E-state index contributed by atoms with van der Waals surface area (Å²) in [6, 6.07) is 8.10. The van der Waals surface area contributed by atoms with E-state index in [1.54, 1.807) is 12.4 Å². The van der Waals surface area contributed by atoms with Gasteiger partial charge in [0.15, 0.2) is 5.13 Å². The van der Waals surface area contributed by atoms with Crippen molar-refractivity contribution in [3.63, 3.8) is 0 Å². The molecule has 0 saturated heterocycles. The molecule has 1 amide bonds. The van der Waals surface area contributed by atoms with Gasteiger partial charge < -0.3 is 10.1 Å². The van der Waals surface area contributed by atoms with E-state index in [1.807, 2.05) is 29.7 Å². The molecule has 0 radical (unpaired) electrons. The minimum atomic E-state index is -0.0283. The largest absolute Gasteiger partial charge is 0.488 e. The molecule has 0 bridgehead atoms. The fourth-order valence-electron chi connectivity index (χ4n) is 3.14. The number of thiazole rings is 1. The molecule has 1 saturated carbocycles. The Bertz CT molecular complexity index is 933. The summed E-state index contributed by atoms with van der Waals surface area (Å²) < 4.78 is 6.18. The lowest BCUT2D eigenvalue weighted by Gasteiger charge is -2.34. The van der Waals surface area contributed by atoms with Gasteiger partial charge in [-0.2, -0.15) is 0 Å². The number of amides is 1. The molecule has 1 aromatic carbocycles. The molecule has 4 rings (SSSR count). The molecule has 6 heteroatoms. The molecule has 2 aromatic heterocycles. The van der Waals surface area contributed by atoms with Crippen LogP contribution in [0.25, 0.3) is 10.9 Å². The Hall–Kier alpha value is -2.73. The lowest BCUT2D eigenvalue weighted by Crippen LogP contribution is -2.40. The van der Waals surface area contributed by atoms with Crippen LogP contribution >= 0.6 is 11.3 Å². The van der Waals surface area contributed by atoms with E-state index in [0.29, 0.717) is 18.0 Å². The van der Waals surface area contributed by atoms with Crippen LogP contribution < -0.4 is 10.1 Å². The number of benzene rings is 1. The van der Waals surface area contributed by atoms with E-state index >= 15 is 0 Å². The summed E-state index contributed by atoms with van der Waals surface area (Å²) in [4.78, 5) is 20.8. The summed E-state index contributed by atoms with van der Waals surface area (Å²) in [6.45, 7) is 3.81. The van der Waals surface area contributed by atoms with Crippen LogP contribution in [-0.4, -0.2) is 22.0 Å². The molecule has 0 unspecified atom stereocenters. The SMILES string of the molecule is C=CCc1cc(OC2CC(C(=O)Nc3nccs3)C2)c2ncccc2c1. The van der Waals surface area contributed by atoms with Crippen molar-refractivity contribution in [1.82, 2.24) is 9.97 Å². The minimum absolute atomic E-state index is 0.0168. The van der Waals surface area contributed by atoms with Gasteiger partial charge in [-0.15, -0.1) is 17.9 Å². The zero-order valence-electron chi connectivity index (χ0n) is 14.2. The Kier molecular flexibility index (Phi) is 4.67. The molecule has 0 atom stereocenters. The predicted octanol–water partition coefficient (Wildman–Crippen LogP) is 4.22. The van der Waals surface area contributed by atoms with Gasteiger partial charge in [0.25, 0.3) is 0 Å². The normalized spacial score (nSPS) is 18.9. The number of allylic oxidation sites excluding steroid dienone is 1.